The van der Waals surface area contributed by atoms with Crippen LogP contribution in [0.5, 0.6) is 0 Å². The van der Waals surface area contributed by atoms with Crippen LogP contribution in [0.25, 0.3) is 0 Å². The molecule has 2 heterocycles. The zero-order chi connectivity index (χ0) is 15.5. The molecule has 0 saturated carbocycles. The summed E-state index contributed by atoms with van der Waals surface area (Å²) in [5, 5.41) is 18.9. The minimum absolute atomic E-state index is 0.0472. The largest absolute Gasteiger partial charge is 0.480 e. The molecule has 1 amide bonds. The predicted octanol–water partition coefficient (Wildman–Crippen LogP) is 0.696. The molecule has 3 rings (SSSR count). The van der Waals surface area contributed by atoms with Crippen molar-refractivity contribution in [3.63, 3.8) is 0 Å². The SMILES string of the molecule is O=C(O)Cn1cc(CNC(=O)C2Cc3ccccc3S2)nn1. The van der Waals surface area contributed by atoms with Crippen LogP contribution in [-0.2, 0) is 29.1 Å². The van der Waals surface area contributed by atoms with Crippen molar-refractivity contribution in [3.8, 4) is 0 Å². The number of nitrogens with one attached hydrogen (secondary N) is 1. The van der Waals surface area contributed by atoms with E-state index in [1.165, 1.54) is 16.4 Å². The lowest BCUT2D eigenvalue weighted by Crippen LogP contribution is -2.32. The maximum Gasteiger partial charge on any atom is 0.325 e. The molecule has 0 spiro atoms. The van der Waals surface area contributed by atoms with Crippen LogP contribution in [0.4, 0.5) is 0 Å². The van der Waals surface area contributed by atoms with Crippen LogP contribution in [0, 0.1) is 0 Å². The van der Waals surface area contributed by atoms with Crippen molar-refractivity contribution in [2.75, 3.05) is 0 Å². The van der Waals surface area contributed by atoms with Gasteiger partial charge in [-0.2, -0.15) is 0 Å². The first-order valence-corrected chi connectivity index (χ1v) is 7.63. The van der Waals surface area contributed by atoms with Gasteiger partial charge in [0.2, 0.25) is 5.91 Å². The van der Waals surface area contributed by atoms with Crippen LogP contribution >= 0.6 is 11.8 Å². The van der Waals surface area contributed by atoms with Crippen LogP contribution in [0.3, 0.4) is 0 Å². The lowest BCUT2D eigenvalue weighted by atomic mass is 10.1. The summed E-state index contributed by atoms with van der Waals surface area (Å²) in [6.07, 6.45) is 2.24. The second-order valence-electron chi connectivity index (χ2n) is 4.94. The number of benzene rings is 1. The maximum atomic E-state index is 12.2. The quantitative estimate of drug-likeness (QED) is 0.842. The highest BCUT2D eigenvalue weighted by Gasteiger charge is 2.27. The van der Waals surface area contributed by atoms with Gasteiger partial charge in [-0.1, -0.05) is 23.4 Å². The molecule has 0 fully saturated rings. The number of amides is 1. The van der Waals surface area contributed by atoms with Crippen molar-refractivity contribution >= 4 is 23.6 Å². The van der Waals surface area contributed by atoms with Gasteiger partial charge >= 0.3 is 5.97 Å². The van der Waals surface area contributed by atoms with Crippen LogP contribution in [0.1, 0.15) is 11.3 Å². The summed E-state index contributed by atoms with van der Waals surface area (Å²) >= 11 is 1.56. The summed E-state index contributed by atoms with van der Waals surface area (Å²) in [5.74, 6) is -1.03. The molecule has 0 radical (unpaired) electrons. The monoisotopic (exact) mass is 318 g/mol. The third-order valence-corrected chi connectivity index (χ3v) is 4.58. The second-order valence-corrected chi connectivity index (χ2v) is 6.18. The van der Waals surface area contributed by atoms with Crippen molar-refractivity contribution in [1.82, 2.24) is 20.3 Å². The van der Waals surface area contributed by atoms with E-state index in [0.717, 1.165) is 11.3 Å². The molecule has 0 saturated heterocycles. The number of thioether (sulfide) groups is 1. The number of carbonyl (C=O) groups is 2. The van der Waals surface area contributed by atoms with Gasteiger partial charge in [0, 0.05) is 4.90 Å². The molecule has 2 aromatic rings. The van der Waals surface area contributed by atoms with Crippen LogP contribution in [-0.4, -0.2) is 37.2 Å². The third-order valence-electron chi connectivity index (χ3n) is 3.27. The van der Waals surface area contributed by atoms with Gasteiger partial charge in [0.05, 0.1) is 18.0 Å². The van der Waals surface area contributed by atoms with Crippen LogP contribution in [0.15, 0.2) is 35.4 Å². The van der Waals surface area contributed by atoms with Crippen molar-refractivity contribution in [2.24, 2.45) is 0 Å². The van der Waals surface area contributed by atoms with Crippen molar-refractivity contribution in [2.45, 2.75) is 29.7 Å². The first-order valence-electron chi connectivity index (χ1n) is 6.75. The fourth-order valence-electron chi connectivity index (χ4n) is 2.26. The molecule has 0 aliphatic carbocycles. The summed E-state index contributed by atoms with van der Waals surface area (Å²) in [4.78, 5) is 23.9. The zero-order valence-corrected chi connectivity index (χ0v) is 12.4. The highest BCUT2D eigenvalue weighted by atomic mass is 32.2. The highest BCUT2D eigenvalue weighted by molar-refractivity contribution is 8.01. The summed E-state index contributed by atoms with van der Waals surface area (Å²) < 4.78 is 1.23. The molecule has 22 heavy (non-hydrogen) atoms. The van der Waals surface area contributed by atoms with Crippen molar-refractivity contribution in [1.29, 1.82) is 0 Å². The third kappa shape index (κ3) is 3.28. The van der Waals surface area contributed by atoms with Gasteiger partial charge in [0.15, 0.2) is 0 Å². The molecule has 1 aromatic heterocycles. The Balaban J connectivity index is 1.53. The molecule has 8 heteroatoms. The molecule has 0 bridgehead atoms. The van der Waals surface area contributed by atoms with Gasteiger partial charge in [-0.15, -0.1) is 16.9 Å². The Labute approximate surface area is 130 Å². The Morgan fingerprint density at radius 1 is 1.41 bits per heavy atom. The molecule has 1 aliphatic rings. The Morgan fingerprint density at radius 2 is 2.23 bits per heavy atom. The molecule has 1 aromatic carbocycles. The molecule has 2 N–H and O–H groups in total. The number of hydrogen-bond donors (Lipinski definition) is 2. The van der Waals surface area contributed by atoms with Gasteiger partial charge < -0.3 is 10.4 Å². The average molecular weight is 318 g/mol. The number of carboxylic acids is 1. The number of nitrogens with zero attached hydrogens (tertiary/aromatic N) is 3. The minimum atomic E-state index is -0.986. The van der Waals surface area contributed by atoms with Gasteiger partial charge in [-0.3, -0.25) is 9.59 Å². The van der Waals surface area contributed by atoms with E-state index in [1.807, 2.05) is 24.3 Å². The number of fused-ring (bicyclic) bond motifs is 1. The van der Waals surface area contributed by atoms with E-state index in [2.05, 4.69) is 15.6 Å². The maximum absolute atomic E-state index is 12.2. The van der Waals surface area contributed by atoms with Crippen LogP contribution in [0.2, 0.25) is 0 Å². The molecule has 7 nitrogen and oxygen atoms in total. The fourth-order valence-corrected chi connectivity index (χ4v) is 3.47. The van der Waals surface area contributed by atoms with Crippen molar-refractivity contribution < 1.29 is 14.7 Å². The Kier molecular flexibility index (Phi) is 4.10. The van der Waals surface area contributed by atoms with Gasteiger partial charge in [0.25, 0.3) is 0 Å². The lowest BCUT2D eigenvalue weighted by molar-refractivity contribution is -0.138. The summed E-state index contributed by atoms with van der Waals surface area (Å²) in [6.45, 7) is 0.000586. The number of carboxylic acid groups (broad SMARTS) is 1. The number of rotatable bonds is 5. The van der Waals surface area contributed by atoms with Crippen LogP contribution < -0.4 is 5.32 Å². The molecular formula is C14H14N4O3S. The van der Waals surface area contributed by atoms with Gasteiger partial charge in [-0.05, 0) is 18.1 Å². The summed E-state index contributed by atoms with van der Waals surface area (Å²) in [6, 6.07) is 7.99. The Bertz CT molecular complexity index is 691. The van der Waals surface area contributed by atoms with E-state index < -0.39 is 5.97 Å². The van der Waals surface area contributed by atoms with Gasteiger partial charge in [-0.25, -0.2) is 4.68 Å². The van der Waals surface area contributed by atoms with Gasteiger partial charge in [0.1, 0.15) is 12.2 Å². The average Bonchev–Trinajstić information content (AvgIpc) is 3.10. The summed E-state index contributed by atoms with van der Waals surface area (Å²) in [5.41, 5.74) is 1.73. The standard InChI is InChI=1S/C14H14N4O3S/c19-13(20)8-18-7-10(16-17-18)6-15-14(21)12-5-9-3-1-2-4-11(9)22-12/h1-4,7,12H,5-6,8H2,(H,15,21)(H,19,20). The van der Waals surface area contributed by atoms with E-state index in [1.54, 1.807) is 11.8 Å². The minimum Gasteiger partial charge on any atom is -0.480 e. The molecule has 1 aliphatic heterocycles. The number of aliphatic carboxylic acids is 1. The predicted molar refractivity (Wildman–Crippen MR) is 79.3 cm³/mol. The first-order chi connectivity index (χ1) is 10.6. The topological polar surface area (TPSA) is 97.1 Å². The Morgan fingerprint density at radius 3 is 3.00 bits per heavy atom. The molecule has 1 atom stereocenters. The lowest BCUT2D eigenvalue weighted by Gasteiger charge is -2.08. The fraction of sp³-hybridized carbons (Fsp3) is 0.286. The van der Waals surface area contributed by atoms with E-state index in [-0.39, 0.29) is 24.2 Å². The van der Waals surface area contributed by atoms with E-state index in [9.17, 15) is 9.59 Å². The van der Waals surface area contributed by atoms with E-state index in [0.29, 0.717) is 5.69 Å². The molecule has 1 unspecified atom stereocenters. The first kappa shape index (κ1) is 14.6. The summed E-state index contributed by atoms with van der Waals surface area (Å²) in [7, 11) is 0. The number of hydrogen-bond acceptors (Lipinski definition) is 5. The number of carbonyl (C=O) groups excluding carboxylic acids is 1. The normalized spacial score (nSPS) is 16.3. The smallest absolute Gasteiger partial charge is 0.325 e. The molecule has 114 valence electrons. The number of aromatic nitrogens is 3. The zero-order valence-electron chi connectivity index (χ0n) is 11.6. The van der Waals surface area contributed by atoms with Crippen molar-refractivity contribution in [3.05, 3.63) is 41.7 Å². The van der Waals surface area contributed by atoms with E-state index in [4.69, 9.17) is 5.11 Å². The Hall–Kier alpha value is -2.35. The van der Waals surface area contributed by atoms with E-state index >= 15 is 0 Å². The molecular weight excluding hydrogens is 304 g/mol. The second kappa shape index (κ2) is 6.18. The highest BCUT2D eigenvalue weighted by Crippen LogP contribution is 2.36.